The van der Waals surface area contributed by atoms with Crippen molar-refractivity contribution in [2.75, 3.05) is 16.0 Å². The molecule has 0 aliphatic rings. The largest absolute Gasteiger partial charge is 1.00 e. The summed E-state index contributed by atoms with van der Waals surface area (Å²) in [5.74, 6) is -4.64. The molecule has 0 aromatic heterocycles. The Morgan fingerprint density at radius 1 is 0.438 bits per heavy atom. The van der Waals surface area contributed by atoms with Gasteiger partial charge < -0.3 is 45.9 Å². The number of amides is 3. The van der Waals surface area contributed by atoms with Gasteiger partial charge in [-0.1, -0.05) is 12.1 Å². The van der Waals surface area contributed by atoms with E-state index in [0.717, 1.165) is 48.5 Å². The molecule has 7 aromatic carbocycles. The second-order valence-electron chi connectivity index (χ2n) is 13.5. The number of hydrogen-bond donors (Lipinski definition) is 4. The van der Waals surface area contributed by atoms with Gasteiger partial charge in [-0.05, 0) is 102 Å². The number of fused-ring (bicyclic) bond motifs is 3. The summed E-state index contributed by atoms with van der Waals surface area (Å²) in [6.07, 6.45) is 0. The molecule has 0 fully saturated rings. The van der Waals surface area contributed by atoms with Crippen LogP contribution < -0.4 is 180 Å². The Hall–Kier alpha value is -1.29. The second kappa shape index (κ2) is 30.2. The Morgan fingerprint density at radius 2 is 0.808 bits per heavy atom. The minimum Gasteiger partial charge on any atom is -0.744 e. The van der Waals surface area contributed by atoms with Crippen LogP contribution in [0.1, 0.15) is 41.4 Å². The summed E-state index contributed by atoms with van der Waals surface area (Å²) >= 11 is 1.30. The third-order valence-corrected chi connectivity index (χ3v) is 13.3. The molecule has 73 heavy (non-hydrogen) atoms. The Balaban J connectivity index is 0.00000365. The van der Waals surface area contributed by atoms with Gasteiger partial charge in [0.1, 0.15) is 20.2 Å². The van der Waals surface area contributed by atoms with Gasteiger partial charge in [-0.25, -0.2) is 21.6 Å². The maximum absolute atomic E-state index is 14.4. The van der Waals surface area contributed by atoms with Crippen molar-refractivity contribution in [2.24, 2.45) is 0 Å². The molecule has 0 unspecified atom stereocenters. The van der Waals surface area contributed by atoms with Crippen LogP contribution in [0.3, 0.4) is 0 Å². The van der Waals surface area contributed by atoms with Crippen molar-refractivity contribution in [1.29, 1.82) is 0 Å². The molecular formula is C40H22N3Na5O20S5. The molecule has 23 nitrogen and oxygen atoms in total. The van der Waals surface area contributed by atoms with Crippen LogP contribution in [0.5, 0.6) is 0 Å². The molecule has 0 bridgehead atoms. The fraction of sp³-hybridized carbons (Fsp3) is 0. The summed E-state index contributed by atoms with van der Waals surface area (Å²) in [5, 5.41) is 58.5. The van der Waals surface area contributed by atoms with E-state index in [1.807, 2.05) is 0 Å². The summed E-state index contributed by atoms with van der Waals surface area (Å²) in [6, 6.07) is 21.4. The second-order valence-corrected chi connectivity index (χ2v) is 18.4. The first-order valence-corrected chi connectivity index (χ1v) is 23.3. The fourth-order valence-electron chi connectivity index (χ4n) is 6.91. The van der Waals surface area contributed by atoms with Crippen molar-refractivity contribution in [3.63, 3.8) is 0 Å². The van der Waals surface area contributed by atoms with Crippen LogP contribution in [0.25, 0.3) is 32.3 Å². The van der Waals surface area contributed by atoms with Crippen molar-refractivity contribution in [2.45, 2.75) is 24.5 Å². The van der Waals surface area contributed by atoms with Crippen molar-refractivity contribution in [1.82, 2.24) is 0 Å². The Bertz CT molecular complexity index is 3420. The molecule has 352 valence electrons. The Kier molecular flexibility index (Phi) is 28.0. The van der Waals surface area contributed by atoms with Gasteiger partial charge in [0.2, 0.25) is 0 Å². The normalized spacial score (nSPS) is 11.0. The number of carboxylic acid groups (broad SMARTS) is 1. The number of hydrogen-bond acceptors (Lipinski definition) is 22. The number of carbonyl (C=O) groups is 4. The standard InChI is InChI=1S/C40H27N3O20S5.5Na/c44-37(41-19-1-5-22(6-2-19)64-61-58-49)26-11-12-28(40(47)48)36-27(39(46)42-20-4-8-24-29(17-20)32(66-63-60-51)14-15-33(24)67(52,53)54)10-9-25(35(26)36)38(45)43-21-3-7-23-30(18-21)34(68(55,56)57)16-13-31(23)65-62-59-50;;;;;/h1-18,49-51H,(H,41,44)(H,42,46)(H,43,45)(H,47,48)(H,52,53,54)(H,55,56,57);;;;;/q;5*+1/p-5. The number of rotatable bonds is 18. The Labute approximate surface area is 535 Å². The van der Waals surface area contributed by atoms with Crippen LogP contribution in [0.4, 0.5) is 17.1 Å². The van der Waals surface area contributed by atoms with E-state index < -0.39 is 81.2 Å². The average molecular weight is 1140 g/mol. The molecule has 4 N–H and O–H groups in total. The molecular weight excluding hydrogens is 1120 g/mol. The topological polar surface area (TPSA) is 364 Å². The number of carbonyl (C=O) groups excluding carboxylic acids is 3. The van der Waals surface area contributed by atoms with E-state index in [4.69, 9.17) is 0 Å². The molecule has 0 saturated heterocycles. The SMILES string of the molecule is O=C(O)c1ccc(C(=O)Nc2ccc(SOO[O-])cc2)c2c(C(=O)Nc3ccc4c(SOO[O-])ccc(S(=O)(=O)[O-])c4c3)ccc(C(=O)Nc3ccc4c(S(=O)(=O)[O-])ccc(SOO[O-])c4c3)c12.[Na+].[Na+].[Na+].[Na+].[Na+]. The third-order valence-electron chi connectivity index (χ3n) is 9.63. The van der Waals surface area contributed by atoms with Gasteiger partial charge in [0.15, 0.2) is 0 Å². The van der Waals surface area contributed by atoms with Gasteiger partial charge in [-0.2, -0.15) is 13.0 Å². The van der Waals surface area contributed by atoms with Crippen molar-refractivity contribution in [3.05, 3.63) is 131 Å². The monoisotopic (exact) mass is 1140 g/mol. The van der Waals surface area contributed by atoms with Crippen LogP contribution in [-0.2, 0) is 48.4 Å². The minimum absolute atomic E-state index is 0. The molecule has 7 rings (SSSR count). The fourth-order valence-corrected chi connectivity index (χ4v) is 9.59. The zero-order valence-corrected chi connectivity index (χ0v) is 52.2. The molecule has 3 amide bonds. The number of benzene rings is 7. The summed E-state index contributed by atoms with van der Waals surface area (Å²) < 4.78 is 86.0. The molecule has 33 heteroatoms. The maximum atomic E-state index is 14.4. The van der Waals surface area contributed by atoms with E-state index in [1.165, 1.54) is 60.7 Å². The smallest absolute Gasteiger partial charge is 0.744 e. The van der Waals surface area contributed by atoms with Crippen LogP contribution >= 0.6 is 36.1 Å². The summed E-state index contributed by atoms with van der Waals surface area (Å²) in [7, 11) is -10.2. The molecule has 0 heterocycles. The first-order valence-electron chi connectivity index (χ1n) is 18.3. The molecule has 0 atom stereocenters. The molecule has 0 radical (unpaired) electrons. The van der Waals surface area contributed by atoms with E-state index in [0.29, 0.717) is 41.0 Å². The predicted molar refractivity (Wildman–Crippen MR) is 229 cm³/mol. The number of aromatic carboxylic acids is 1. The molecule has 0 saturated carbocycles. The molecule has 7 aromatic rings. The first kappa shape index (κ1) is 67.8. The van der Waals surface area contributed by atoms with Crippen molar-refractivity contribution in [3.8, 4) is 0 Å². The first-order chi connectivity index (χ1) is 32.4. The van der Waals surface area contributed by atoms with Gasteiger partial charge in [0.05, 0.1) is 51.5 Å². The van der Waals surface area contributed by atoms with Crippen molar-refractivity contribution >= 4 is 129 Å². The van der Waals surface area contributed by atoms with E-state index in [1.54, 1.807) is 0 Å². The zero-order valence-electron chi connectivity index (χ0n) is 38.1. The summed E-state index contributed by atoms with van der Waals surface area (Å²) in [5.41, 5.74) is -1.84. The van der Waals surface area contributed by atoms with E-state index in [2.05, 4.69) is 44.1 Å². The third kappa shape index (κ3) is 16.4. The minimum atomic E-state index is -5.14. The zero-order chi connectivity index (χ0) is 48.9. The van der Waals surface area contributed by atoms with Gasteiger partial charge in [-0.3, -0.25) is 29.5 Å². The van der Waals surface area contributed by atoms with E-state index >= 15 is 0 Å². The predicted octanol–water partition coefficient (Wildman–Crippen LogP) is -10.9. The maximum Gasteiger partial charge on any atom is 1.00 e. The van der Waals surface area contributed by atoms with E-state index in [-0.39, 0.29) is 202 Å². The molecule has 0 aliphatic heterocycles. The van der Waals surface area contributed by atoms with Gasteiger partial charge in [0.25, 0.3) is 17.7 Å². The van der Waals surface area contributed by atoms with Crippen molar-refractivity contribution < 1.29 is 242 Å². The molecule has 0 spiro atoms. The summed E-state index contributed by atoms with van der Waals surface area (Å²) in [6.45, 7) is 0. The average Bonchev–Trinajstić information content (AvgIpc) is 3.30. The Morgan fingerprint density at radius 3 is 1.26 bits per heavy atom. The van der Waals surface area contributed by atoms with Crippen LogP contribution in [0.2, 0.25) is 0 Å². The molecule has 0 aliphatic carbocycles. The van der Waals surface area contributed by atoms with Gasteiger partial charge in [-0.15, -0.1) is 0 Å². The van der Waals surface area contributed by atoms with Crippen LogP contribution in [-0.4, -0.2) is 54.7 Å². The van der Waals surface area contributed by atoms with E-state index in [9.17, 15) is 66.0 Å². The number of carboxylic acids is 1. The summed E-state index contributed by atoms with van der Waals surface area (Å²) in [4.78, 5) is 55.0. The van der Waals surface area contributed by atoms with Crippen LogP contribution in [0, 0.1) is 0 Å². The van der Waals surface area contributed by atoms with Gasteiger partial charge >= 0.3 is 154 Å². The quantitative estimate of drug-likeness (QED) is 0.0204. The number of nitrogens with one attached hydrogen (secondary N) is 3. The van der Waals surface area contributed by atoms with Crippen LogP contribution in [0.15, 0.2) is 134 Å². The number of anilines is 3. The van der Waals surface area contributed by atoms with Gasteiger partial charge in [0, 0.05) is 75.4 Å².